The van der Waals surface area contributed by atoms with Crippen LogP contribution in [0.2, 0.25) is 5.22 Å². The van der Waals surface area contributed by atoms with Gasteiger partial charge in [-0.05, 0) is 48.7 Å². The molecule has 0 saturated carbocycles. The summed E-state index contributed by atoms with van der Waals surface area (Å²) in [4.78, 5) is 0. The van der Waals surface area contributed by atoms with Crippen molar-refractivity contribution < 1.29 is 4.42 Å². The van der Waals surface area contributed by atoms with Gasteiger partial charge in [0.1, 0.15) is 5.76 Å². The number of aryl methyl sites for hydroxylation is 2. The van der Waals surface area contributed by atoms with Crippen molar-refractivity contribution in [1.29, 1.82) is 0 Å². The molecule has 2 heterocycles. The molecule has 0 amide bonds. The quantitative estimate of drug-likeness (QED) is 0.875. The molecule has 4 nitrogen and oxygen atoms in total. The molecule has 1 unspecified atom stereocenters. The van der Waals surface area contributed by atoms with Gasteiger partial charge in [0.15, 0.2) is 5.22 Å². The highest BCUT2D eigenvalue weighted by atomic mass is 35.5. The number of nitrogens with zero attached hydrogens (tertiary/aromatic N) is 2. The number of hydrogen-bond donors (Lipinski definition) is 1. The topological polar surface area (TPSA) is 43.0 Å². The first kappa shape index (κ1) is 13.2. The molecule has 0 fully saturated rings. The van der Waals surface area contributed by atoms with Gasteiger partial charge in [0.25, 0.3) is 0 Å². The first-order chi connectivity index (χ1) is 8.69. The van der Waals surface area contributed by atoms with Crippen molar-refractivity contribution >= 4 is 11.6 Å². The zero-order chi connectivity index (χ0) is 13.0. The van der Waals surface area contributed by atoms with Gasteiger partial charge in [-0.2, -0.15) is 5.10 Å². The molecule has 0 aliphatic heterocycles. The second-order valence-electron chi connectivity index (χ2n) is 4.31. The maximum atomic E-state index is 5.82. The van der Waals surface area contributed by atoms with Crippen molar-refractivity contribution in [3.05, 3.63) is 41.1 Å². The van der Waals surface area contributed by atoms with Crippen LogP contribution in [0.1, 0.15) is 30.7 Å². The molecule has 0 aliphatic rings. The molecule has 0 radical (unpaired) electrons. The van der Waals surface area contributed by atoms with Crippen LogP contribution in [0, 0.1) is 0 Å². The average molecular weight is 268 g/mol. The Hall–Kier alpha value is -1.26. The maximum Gasteiger partial charge on any atom is 0.193 e. The predicted molar refractivity (Wildman–Crippen MR) is 71.7 cm³/mol. The normalized spacial score (nSPS) is 12.8. The van der Waals surface area contributed by atoms with Crippen molar-refractivity contribution in [2.24, 2.45) is 7.05 Å². The summed E-state index contributed by atoms with van der Waals surface area (Å²) in [5, 5.41) is 8.02. The summed E-state index contributed by atoms with van der Waals surface area (Å²) in [6, 6.07) is 3.91. The molecular formula is C13H18ClN3O. The Kier molecular flexibility index (Phi) is 4.44. The van der Waals surface area contributed by atoms with Crippen molar-refractivity contribution in [3.63, 3.8) is 0 Å². The second kappa shape index (κ2) is 6.07. The molecule has 2 rings (SSSR count). The lowest BCUT2D eigenvalue weighted by molar-refractivity contribution is 0.402. The van der Waals surface area contributed by atoms with E-state index < -0.39 is 0 Å². The van der Waals surface area contributed by atoms with E-state index in [1.807, 2.05) is 30.2 Å². The highest BCUT2D eigenvalue weighted by Gasteiger charge is 2.14. The molecule has 98 valence electrons. The van der Waals surface area contributed by atoms with E-state index in [2.05, 4.69) is 17.3 Å². The molecule has 5 heteroatoms. The molecule has 0 aromatic carbocycles. The third-order valence-electron chi connectivity index (χ3n) is 2.87. The van der Waals surface area contributed by atoms with Gasteiger partial charge in [-0.1, -0.05) is 6.92 Å². The Labute approximate surface area is 112 Å². The van der Waals surface area contributed by atoms with Gasteiger partial charge < -0.3 is 9.73 Å². The van der Waals surface area contributed by atoms with Crippen molar-refractivity contribution in [1.82, 2.24) is 15.1 Å². The van der Waals surface area contributed by atoms with Crippen LogP contribution in [-0.2, 0) is 13.5 Å². The van der Waals surface area contributed by atoms with E-state index in [9.17, 15) is 0 Å². The molecule has 0 aliphatic carbocycles. The average Bonchev–Trinajstić information content (AvgIpc) is 2.94. The van der Waals surface area contributed by atoms with Gasteiger partial charge in [0.05, 0.1) is 12.2 Å². The van der Waals surface area contributed by atoms with E-state index in [0.717, 1.165) is 25.1 Å². The summed E-state index contributed by atoms with van der Waals surface area (Å²) in [6.07, 6.45) is 5.86. The molecular weight excluding hydrogens is 250 g/mol. The van der Waals surface area contributed by atoms with Gasteiger partial charge in [-0.3, -0.25) is 4.68 Å². The number of halogens is 1. The minimum atomic E-state index is 0.197. The van der Waals surface area contributed by atoms with Crippen LogP contribution >= 0.6 is 11.6 Å². The molecule has 0 spiro atoms. The van der Waals surface area contributed by atoms with Crippen LogP contribution in [0.15, 0.2) is 28.9 Å². The fourth-order valence-electron chi connectivity index (χ4n) is 2.02. The third-order valence-corrected chi connectivity index (χ3v) is 3.07. The van der Waals surface area contributed by atoms with Gasteiger partial charge in [-0.25, -0.2) is 0 Å². The molecule has 2 aromatic rings. The highest BCUT2D eigenvalue weighted by Crippen LogP contribution is 2.23. The SMILES string of the molecule is CCNC(CCc1cnn(C)c1)c1ccc(Cl)o1. The van der Waals surface area contributed by atoms with Gasteiger partial charge >= 0.3 is 0 Å². The summed E-state index contributed by atoms with van der Waals surface area (Å²) in [6.45, 7) is 2.98. The monoisotopic (exact) mass is 267 g/mol. The predicted octanol–water partition coefficient (Wildman–Crippen LogP) is 2.95. The lowest BCUT2D eigenvalue weighted by atomic mass is 10.1. The van der Waals surface area contributed by atoms with Crippen molar-refractivity contribution in [2.75, 3.05) is 6.54 Å². The molecule has 18 heavy (non-hydrogen) atoms. The standard InChI is InChI=1S/C13H18ClN3O/c1-3-15-11(12-6-7-13(14)18-12)5-4-10-8-16-17(2)9-10/h6-9,11,15H,3-5H2,1-2H3. The van der Waals surface area contributed by atoms with E-state index in [1.165, 1.54) is 5.56 Å². The van der Waals surface area contributed by atoms with E-state index in [0.29, 0.717) is 5.22 Å². The van der Waals surface area contributed by atoms with E-state index in [-0.39, 0.29) is 6.04 Å². The lowest BCUT2D eigenvalue weighted by Crippen LogP contribution is -2.20. The fourth-order valence-corrected chi connectivity index (χ4v) is 2.17. The van der Waals surface area contributed by atoms with Crippen LogP contribution in [0.3, 0.4) is 0 Å². The molecule has 0 bridgehead atoms. The molecule has 2 aromatic heterocycles. The Morgan fingerprint density at radius 1 is 1.50 bits per heavy atom. The Bertz CT molecular complexity index is 492. The minimum Gasteiger partial charge on any atom is -0.448 e. The number of aromatic nitrogens is 2. The highest BCUT2D eigenvalue weighted by molar-refractivity contribution is 6.28. The fraction of sp³-hybridized carbons (Fsp3) is 0.462. The van der Waals surface area contributed by atoms with Gasteiger partial charge in [0.2, 0.25) is 0 Å². The van der Waals surface area contributed by atoms with Gasteiger partial charge in [-0.15, -0.1) is 0 Å². The number of nitrogens with one attached hydrogen (secondary N) is 1. The summed E-state index contributed by atoms with van der Waals surface area (Å²) < 4.78 is 7.29. The second-order valence-corrected chi connectivity index (χ2v) is 4.69. The molecule has 0 saturated heterocycles. The van der Waals surface area contributed by atoms with E-state index >= 15 is 0 Å². The molecule has 1 atom stereocenters. The summed E-state index contributed by atoms with van der Waals surface area (Å²) in [5.74, 6) is 0.894. The number of rotatable bonds is 6. The Morgan fingerprint density at radius 2 is 2.33 bits per heavy atom. The number of furan rings is 1. The number of hydrogen-bond acceptors (Lipinski definition) is 3. The third kappa shape index (κ3) is 3.37. The van der Waals surface area contributed by atoms with E-state index in [4.69, 9.17) is 16.0 Å². The minimum absolute atomic E-state index is 0.197. The van der Waals surface area contributed by atoms with Gasteiger partial charge in [0, 0.05) is 13.2 Å². The largest absolute Gasteiger partial charge is 0.448 e. The first-order valence-electron chi connectivity index (χ1n) is 6.15. The zero-order valence-corrected chi connectivity index (χ0v) is 11.4. The van der Waals surface area contributed by atoms with E-state index in [1.54, 1.807) is 6.07 Å². The first-order valence-corrected chi connectivity index (χ1v) is 6.53. The van der Waals surface area contributed by atoms with Crippen molar-refractivity contribution in [2.45, 2.75) is 25.8 Å². The van der Waals surface area contributed by atoms with Crippen molar-refractivity contribution in [3.8, 4) is 0 Å². The van der Waals surface area contributed by atoms with Crippen LogP contribution in [-0.4, -0.2) is 16.3 Å². The lowest BCUT2D eigenvalue weighted by Gasteiger charge is -2.14. The zero-order valence-electron chi connectivity index (χ0n) is 10.7. The van der Waals surface area contributed by atoms with Crippen LogP contribution in [0.5, 0.6) is 0 Å². The maximum absolute atomic E-state index is 5.82. The Balaban J connectivity index is 1.98. The molecule has 1 N–H and O–H groups in total. The Morgan fingerprint density at radius 3 is 2.89 bits per heavy atom. The van der Waals surface area contributed by atoms with Crippen LogP contribution in [0.25, 0.3) is 0 Å². The van der Waals surface area contributed by atoms with Crippen LogP contribution < -0.4 is 5.32 Å². The smallest absolute Gasteiger partial charge is 0.193 e. The summed E-state index contributed by atoms with van der Waals surface area (Å²) >= 11 is 5.82. The van der Waals surface area contributed by atoms with Crippen LogP contribution in [0.4, 0.5) is 0 Å². The summed E-state index contributed by atoms with van der Waals surface area (Å²) in [7, 11) is 1.93. The summed E-state index contributed by atoms with van der Waals surface area (Å²) in [5.41, 5.74) is 1.23.